The van der Waals surface area contributed by atoms with Gasteiger partial charge in [-0.3, -0.25) is 9.59 Å². The molecular formula is C17H26Cl2N4O3. The van der Waals surface area contributed by atoms with Gasteiger partial charge in [-0.15, -0.1) is 24.8 Å². The molecule has 2 saturated heterocycles. The lowest BCUT2D eigenvalue weighted by Gasteiger charge is -2.41. The third kappa shape index (κ3) is 4.79. The van der Waals surface area contributed by atoms with E-state index in [2.05, 4.69) is 4.90 Å². The second-order valence-electron chi connectivity index (χ2n) is 6.46. The van der Waals surface area contributed by atoms with Crippen molar-refractivity contribution in [1.82, 2.24) is 4.90 Å². The van der Waals surface area contributed by atoms with Crippen LogP contribution in [0.3, 0.4) is 0 Å². The average Bonchev–Trinajstić information content (AvgIpc) is 2.62. The maximum absolute atomic E-state index is 12.7. The van der Waals surface area contributed by atoms with Crippen molar-refractivity contribution in [3.05, 3.63) is 29.8 Å². The molecule has 3 rings (SSSR count). The molecule has 7 nitrogen and oxygen atoms in total. The summed E-state index contributed by atoms with van der Waals surface area (Å²) in [6, 6.07) is 7.24. The number of rotatable bonds is 3. The molecule has 1 aromatic rings. The van der Waals surface area contributed by atoms with E-state index in [0.29, 0.717) is 44.7 Å². The predicted octanol–water partition coefficient (Wildman–Crippen LogP) is 0.786. The van der Waals surface area contributed by atoms with E-state index in [1.54, 1.807) is 12.1 Å². The summed E-state index contributed by atoms with van der Waals surface area (Å²) in [5, 5.41) is 0. The number of hydrogen-bond donors (Lipinski definition) is 2. The molecule has 2 amide bonds. The number of halogens is 2. The molecule has 0 aliphatic carbocycles. The van der Waals surface area contributed by atoms with Gasteiger partial charge in [0.25, 0.3) is 0 Å². The molecule has 146 valence electrons. The van der Waals surface area contributed by atoms with Crippen molar-refractivity contribution in [2.45, 2.75) is 18.4 Å². The van der Waals surface area contributed by atoms with Gasteiger partial charge in [0.15, 0.2) is 0 Å². The molecule has 2 fully saturated rings. The highest BCUT2D eigenvalue weighted by atomic mass is 35.5. The molecule has 2 aliphatic rings. The van der Waals surface area contributed by atoms with Crippen molar-refractivity contribution in [2.75, 3.05) is 44.3 Å². The summed E-state index contributed by atoms with van der Waals surface area (Å²) in [7, 11) is 0. The molecule has 4 N–H and O–H groups in total. The van der Waals surface area contributed by atoms with E-state index in [4.69, 9.17) is 16.2 Å². The Balaban J connectivity index is 0.00000169. The molecule has 0 aromatic heterocycles. The van der Waals surface area contributed by atoms with Gasteiger partial charge < -0.3 is 26.0 Å². The van der Waals surface area contributed by atoms with Crippen LogP contribution in [0.15, 0.2) is 24.3 Å². The molecular weight excluding hydrogens is 379 g/mol. The van der Waals surface area contributed by atoms with E-state index in [1.807, 2.05) is 17.0 Å². The SMILES string of the molecule is Cl.Cl.NC(=O)c1ccc(N2CCN(C(=O)C3(N)CCOCC3)CC2)cc1. The zero-order valence-electron chi connectivity index (χ0n) is 14.6. The summed E-state index contributed by atoms with van der Waals surface area (Å²) >= 11 is 0. The molecule has 9 heteroatoms. The van der Waals surface area contributed by atoms with E-state index < -0.39 is 11.4 Å². The van der Waals surface area contributed by atoms with Crippen molar-refractivity contribution in [1.29, 1.82) is 0 Å². The first-order valence-electron chi connectivity index (χ1n) is 8.30. The highest BCUT2D eigenvalue weighted by Crippen LogP contribution is 2.23. The largest absolute Gasteiger partial charge is 0.381 e. The molecule has 0 spiro atoms. The van der Waals surface area contributed by atoms with Gasteiger partial charge >= 0.3 is 0 Å². The number of benzene rings is 1. The lowest BCUT2D eigenvalue weighted by Crippen LogP contribution is -2.61. The van der Waals surface area contributed by atoms with Crippen LogP contribution in [0.25, 0.3) is 0 Å². The third-order valence-corrected chi connectivity index (χ3v) is 4.89. The second-order valence-corrected chi connectivity index (χ2v) is 6.46. The van der Waals surface area contributed by atoms with Crippen molar-refractivity contribution in [2.24, 2.45) is 11.5 Å². The molecule has 26 heavy (non-hydrogen) atoms. The Bertz CT molecular complexity index is 613. The number of anilines is 1. The smallest absolute Gasteiger partial charge is 0.248 e. The highest BCUT2D eigenvalue weighted by Gasteiger charge is 2.39. The fraction of sp³-hybridized carbons (Fsp3) is 0.529. The second kappa shape index (κ2) is 9.41. The van der Waals surface area contributed by atoms with E-state index in [9.17, 15) is 9.59 Å². The molecule has 0 bridgehead atoms. The van der Waals surface area contributed by atoms with Crippen LogP contribution in [0.2, 0.25) is 0 Å². The minimum absolute atomic E-state index is 0. The summed E-state index contributed by atoms with van der Waals surface area (Å²) in [5.74, 6) is -0.392. The van der Waals surface area contributed by atoms with Crippen LogP contribution in [-0.4, -0.2) is 61.6 Å². The van der Waals surface area contributed by atoms with Gasteiger partial charge in [0.1, 0.15) is 0 Å². The minimum Gasteiger partial charge on any atom is -0.381 e. The number of nitrogens with zero attached hydrogens (tertiary/aromatic N) is 2. The van der Waals surface area contributed by atoms with Crippen LogP contribution in [0.1, 0.15) is 23.2 Å². The Hall–Kier alpha value is -1.54. The Morgan fingerprint density at radius 1 is 0.962 bits per heavy atom. The molecule has 0 atom stereocenters. The maximum atomic E-state index is 12.7. The van der Waals surface area contributed by atoms with Crippen LogP contribution >= 0.6 is 24.8 Å². The minimum atomic E-state index is -0.774. The van der Waals surface area contributed by atoms with Gasteiger partial charge in [-0.05, 0) is 37.1 Å². The monoisotopic (exact) mass is 404 g/mol. The number of primary amides is 1. The summed E-state index contributed by atoms with van der Waals surface area (Å²) in [4.78, 5) is 27.9. The first-order valence-corrected chi connectivity index (χ1v) is 8.30. The van der Waals surface area contributed by atoms with Gasteiger partial charge in [-0.1, -0.05) is 0 Å². The van der Waals surface area contributed by atoms with Crippen LogP contribution in [0, 0.1) is 0 Å². The standard InChI is InChI=1S/C17H24N4O3.2ClH/c18-15(22)13-1-3-14(4-2-13)20-7-9-21(10-8-20)16(23)17(19)5-11-24-12-6-17;;/h1-4H,5-12,19H2,(H2,18,22);2*1H. The summed E-state index contributed by atoms with van der Waals surface area (Å²) in [6.07, 6.45) is 1.17. The lowest BCUT2D eigenvalue weighted by atomic mass is 9.89. The normalized spacial score (nSPS) is 19.1. The van der Waals surface area contributed by atoms with Crippen molar-refractivity contribution < 1.29 is 14.3 Å². The molecule has 0 unspecified atom stereocenters. The van der Waals surface area contributed by atoms with Crippen LogP contribution in [0.5, 0.6) is 0 Å². The molecule has 0 saturated carbocycles. The summed E-state index contributed by atoms with van der Waals surface area (Å²) in [6.45, 7) is 3.89. The van der Waals surface area contributed by atoms with Gasteiger partial charge in [-0.2, -0.15) is 0 Å². The zero-order chi connectivity index (χ0) is 17.2. The Labute approximate surface area is 165 Å². The van der Waals surface area contributed by atoms with Crippen molar-refractivity contribution in [3.8, 4) is 0 Å². The van der Waals surface area contributed by atoms with E-state index in [0.717, 1.165) is 18.8 Å². The van der Waals surface area contributed by atoms with E-state index >= 15 is 0 Å². The predicted molar refractivity (Wildman–Crippen MR) is 105 cm³/mol. The average molecular weight is 405 g/mol. The topological polar surface area (TPSA) is 102 Å². The summed E-state index contributed by atoms with van der Waals surface area (Å²) in [5.41, 5.74) is 12.3. The maximum Gasteiger partial charge on any atom is 0.248 e. The van der Waals surface area contributed by atoms with E-state index in [1.165, 1.54) is 0 Å². The molecule has 2 aliphatic heterocycles. The fourth-order valence-electron chi connectivity index (χ4n) is 3.27. The number of ether oxygens (including phenoxy) is 1. The number of carbonyl (C=O) groups excluding carboxylic acids is 2. The zero-order valence-corrected chi connectivity index (χ0v) is 16.2. The molecule has 0 radical (unpaired) electrons. The Kier molecular flexibility index (Phi) is 8.15. The number of hydrogen-bond acceptors (Lipinski definition) is 5. The van der Waals surface area contributed by atoms with Crippen LogP contribution in [-0.2, 0) is 9.53 Å². The Morgan fingerprint density at radius 3 is 2.00 bits per heavy atom. The number of piperazine rings is 1. The van der Waals surface area contributed by atoms with Crippen LogP contribution < -0.4 is 16.4 Å². The van der Waals surface area contributed by atoms with Crippen molar-refractivity contribution in [3.63, 3.8) is 0 Å². The number of amides is 2. The van der Waals surface area contributed by atoms with Gasteiger partial charge in [0.05, 0.1) is 5.54 Å². The lowest BCUT2D eigenvalue weighted by molar-refractivity contribution is -0.140. The van der Waals surface area contributed by atoms with Gasteiger partial charge in [0, 0.05) is 50.6 Å². The quantitative estimate of drug-likeness (QED) is 0.774. The number of carbonyl (C=O) groups is 2. The van der Waals surface area contributed by atoms with Gasteiger partial charge in [0.2, 0.25) is 11.8 Å². The Morgan fingerprint density at radius 2 is 1.50 bits per heavy atom. The third-order valence-electron chi connectivity index (χ3n) is 4.89. The summed E-state index contributed by atoms with van der Waals surface area (Å²) < 4.78 is 5.31. The molecule has 1 aromatic carbocycles. The van der Waals surface area contributed by atoms with Gasteiger partial charge in [-0.25, -0.2) is 0 Å². The first-order chi connectivity index (χ1) is 11.5. The fourth-order valence-corrected chi connectivity index (χ4v) is 3.27. The molecule has 2 heterocycles. The first kappa shape index (κ1) is 22.5. The number of nitrogens with two attached hydrogens (primary N) is 2. The van der Waals surface area contributed by atoms with Crippen molar-refractivity contribution >= 4 is 42.3 Å². The highest BCUT2D eigenvalue weighted by molar-refractivity contribution is 5.93. The van der Waals surface area contributed by atoms with E-state index in [-0.39, 0.29) is 30.7 Å². The van der Waals surface area contributed by atoms with Crippen LogP contribution in [0.4, 0.5) is 5.69 Å².